The Morgan fingerprint density at radius 2 is 1.74 bits per heavy atom. The summed E-state index contributed by atoms with van der Waals surface area (Å²) in [5.41, 5.74) is 2.19. The second-order valence-electron chi connectivity index (χ2n) is 9.71. The molecule has 7 heteroatoms. The molecule has 1 N–H and O–H groups in total. The molecule has 202 valence electrons. The normalized spacial score (nSPS) is 17.9. The van der Waals surface area contributed by atoms with E-state index in [4.69, 9.17) is 14.2 Å². The zero-order chi connectivity index (χ0) is 27.2. The van der Waals surface area contributed by atoms with Gasteiger partial charge in [0.05, 0.1) is 18.2 Å². The maximum Gasteiger partial charge on any atom is 0.295 e. The molecule has 0 unspecified atom stereocenters. The number of amides is 1. The van der Waals surface area contributed by atoms with Gasteiger partial charge in [0.25, 0.3) is 11.7 Å². The van der Waals surface area contributed by atoms with E-state index in [-0.39, 0.29) is 11.3 Å². The third-order valence-electron chi connectivity index (χ3n) is 7.03. The smallest absolute Gasteiger partial charge is 0.295 e. The predicted octanol–water partition coefficient (Wildman–Crippen LogP) is 5.69. The Morgan fingerprint density at radius 1 is 0.949 bits per heavy atom. The molecule has 1 amide bonds. The maximum absolute atomic E-state index is 13.4. The van der Waals surface area contributed by atoms with Crippen LogP contribution in [-0.2, 0) is 16.0 Å². The lowest BCUT2D eigenvalue weighted by Gasteiger charge is -2.26. The zero-order valence-corrected chi connectivity index (χ0v) is 22.1. The highest BCUT2D eigenvalue weighted by molar-refractivity contribution is 6.46. The molecule has 0 spiro atoms. The number of Topliss-reactive ketones (excluding diaryl/α,β-unsaturated/α-hetero) is 1. The van der Waals surface area contributed by atoms with Crippen molar-refractivity contribution in [3.05, 3.63) is 95.1 Å². The molecule has 2 heterocycles. The van der Waals surface area contributed by atoms with E-state index in [2.05, 4.69) is 6.92 Å². The van der Waals surface area contributed by atoms with Crippen molar-refractivity contribution in [3.8, 4) is 17.2 Å². The minimum atomic E-state index is -0.763. The molecule has 0 aromatic heterocycles. The van der Waals surface area contributed by atoms with Gasteiger partial charge in [0.1, 0.15) is 24.7 Å². The number of carbonyl (C=O) groups is 2. The quantitative estimate of drug-likeness (QED) is 0.158. The van der Waals surface area contributed by atoms with E-state index >= 15 is 0 Å². The fourth-order valence-electron chi connectivity index (χ4n) is 5.01. The van der Waals surface area contributed by atoms with Crippen LogP contribution in [0.4, 0.5) is 0 Å². The number of fused-ring (bicyclic) bond motifs is 1. The first-order valence-corrected chi connectivity index (χ1v) is 13.5. The van der Waals surface area contributed by atoms with Crippen molar-refractivity contribution in [2.75, 3.05) is 26.4 Å². The summed E-state index contributed by atoms with van der Waals surface area (Å²) in [6.45, 7) is 3.89. The van der Waals surface area contributed by atoms with Crippen LogP contribution in [0.1, 0.15) is 48.9 Å². The molecule has 1 atom stereocenters. The van der Waals surface area contributed by atoms with Gasteiger partial charge in [-0.15, -0.1) is 0 Å². The SMILES string of the molecule is CCCCCOc1cccc([C@H]2C(=C(O)c3ccc4c(c3)OCCO4)C(=O)C(=O)N2CCc2ccccc2)c1. The fraction of sp³-hybridized carbons (Fsp3) is 0.312. The summed E-state index contributed by atoms with van der Waals surface area (Å²) in [6.07, 6.45) is 3.69. The largest absolute Gasteiger partial charge is 0.507 e. The molecule has 2 aliphatic heterocycles. The molecule has 1 saturated heterocycles. The summed E-state index contributed by atoms with van der Waals surface area (Å²) >= 11 is 0. The number of rotatable bonds is 10. The lowest BCUT2D eigenvalue weighted by Crippen LogP contribution is -2.31. The first kappa shape index (κ1) is 26.4. The van der Waals surface area contributed by atoms with E-state index in [1.165, 1.54) is 0 Å². The number of ether oxygens (including phenoxy) is 3. The minimum Gasteiger partial charge on any atom is -0.507 e. The molecule has 5 rings (SSSR count). The van der Waals surface area contributed by atoms with Crippen LogP contribution in [0, 0.1) is 0 Å². The first-order chi connectivity index (χ1) is 19.1. The molecule has 0 saturated carbocycles. The Morgan fingerprint density at radius 3 is 2.54 bits per heavy atom. The Hall–Kier alpha value is -4.26. The topological polar surface area (TPSA) is 85.3 Å². The van der Waals surface area contributed by atoms with Gasteiger partial charge in [-0.2, -0.15) is 0 Å². The van der Waals surface area contributed by atoms with Gasteiger partial charge in [-0.1, -0.05) is 62.2 Å². The lowest BCUT2D eigenvalue weighted by atomic mass is 9.95. The van der Waals surface area contributed by atoms with Crippen molar-refractivity contribution in [2.45, 2.75) is 38.6 Å². The zero-order valence-electron chi connectivity index (χ0n) is 22.1. The van der Waals surface area contributed by atoms with Crippen LogP contribution < -0.4 is 14.2 Å². The van der Waals surface area contributed by atoms with Gasteiger partial charge < -0.3 is 24.2 Å². The number of ketones is 1. The van der Waals surface area contributed by atoms with Gasteiger partial charge in [-0.25, -0.2) is 0 Å². The molecule has 3 aromatic carbocycles. The summed E-state index contributed by atoms with van der Waals surface area (Å²) in [5, 5.41) is 11.5. The summed E-state index contributed by atoms with van der Waals surface area (Å²) < 4.78 is 17.2. The molecule has 39 heavy (non-hydrogen) atoms. The Balaban J connectivity index is 1.53. The van der Waals surface area contributed by atoms with Crippen LogP contribution in [0.15, 0.2) is 78.4 Å². The molecule has 7 nitrogen and oxygen atoms in total. The number of nitrogens with zero attached hydrogens (tertiary/aromatic N) is 1. The number of aliphatic hydroxyl groups excluding tert-OH is 1. The number of unbranched alkanes of at least 4 members (excludes halogenated alkanes) is 2. The van der Waals surface area contributed by atoms with E-state index in [9.17, 15) is 14.7 Å². The van der Waals surface area contributed by atoms with E-state index in [0.29, 0.717) is 61.2 Å². The van der Waals surface area contributed by atoms with E-state index in [1.807, 2.05) is 54.6 Å². The van der Waals surface area contributed by atoms with Crippen molar-refractivity contribution in [3.63, 3.8) is 0 Å². The van der Waals surface area contributed by atoms with Gasteiger partial charge in [-0.05, 0) is 54.3 Å². The highest BCUT2D eigenvalue weighted by Crippen LogP contribution is 2.41. The number of carbonyl (C=O) groups excluding carboxylic acids is 2. The van der Waals surface area contributed by atoms with Crippen molar-refractivity contribution >= 4 is 17.4 Å². The van der Waals surface area contributed by atoms with Gasteiger partial charge in [0.2, 0.25) is 0 Å². The van der Waals surface area contributed by atoms with Gasteiger partial charge >= 0.3 is 0 Å². The van der Waals surface area contributed by atoms with Gasteiger partial charge in [0, 0.05) is 12.1 Å². The van der Waals surface area contributed by atoms with Gasteiger partial charge in [-0.3, -0.25) is 9.59 Å². The molecular weight excluding hydrogens is 494 g/mol. The molecule has 1 fully saturated rings. The van der Waals surface area contributed by atoms with Crippen LogP contribution in [0.25, 0.3) is 5.76 Å². The van der Waals surface area contributed by atoms with E-state index < -0.39 is 17.7 Å². The Bertz CT molecular complexity index is 1370. The molecule has 0 bridgehead atoms. The van der Waals surface area contributed by atoms with Crippen LogP contribution in [0.3, 0.4) is 0 Å². The number of benzene rings is 3. The van der Waals surface area contributed by atoms with Crippen molar-refractivity contribution in [1.29, 1.82) is 0 Å². The van der Waals surface area contributed by atoms with Crippen molar-refractivity contribution in [1.82, 2.24) is 4.90 Å². The standard InChI is InChI=1S/C32H33NO6/c1-2-3-7-17-37-25-12-8-11-23(20-25)29-28(30(34)24-13-14-26-27(21-24)39-19-18-38-26)31(35)32(36)33(29)16-15-22-9-5-4-6-10-22/h4-6,8-14,20-21,29,34H,2-3,7,15-19H2,1H3/t29-/m0/s1. The highest BCUT2D eigenvalue weighted by atomic mass is 16.6. The van der Waals surface area contributed by atoms with E-state index in [0.717, 1.165) is 24.8 Å². The summed E-state index contributed by atoms with van der Waals surface area (Å²) in [4.78, 5) is 28.4. The Labute approximate surface area is 228 Å². The molecule has 3 aromatic rings. The molecule has 0 aliphatic carbocycles. The third kappa shape index (κ3) is 5.77. The second kappa shape index (κ2) is 12.1. The maximum atomic E-state index is 13.4. The van der Waals surface area contributed by atoms with Gasteiger partial charge in [0.15, 0.2) is 11.5 Å². The molecule has 2 aliphatic rings. The predicted molar refractivity (Wildman–Crippen MR) is 148 cm³/mol. The lowest BCUT2D eigenvalue weighted by molar-refractivity contribution is -0.139. The third-order valence-corrected chi connectivity index (χ3v) is 7.03. The second-order valence-corrected chi connectivity index (χ2v) is 9.71. The molecule has 0 radical (unpaired) electrons. The van der Waals surface area contributed by atoms with Crippen LogP contribution >= 0.6 is 0 Å². The highest BCUT2D eigenvalue weighted by Gasteiger charge is 2.46. The van der Waals surface area contributed by atoms with Crippen molar-refractivity contribution < 1.29 is 28.9 Å². The van der Waals surface area contributed by atoms with Crippen molar-refractivity contribution in [2.24, 2.45) is 0 Å². The first-order valence-electron chi connectivity index (χ1n) is 13.5. The summed E-state index contributed by atoms with van der Waals surface area (Å²) in [5.74, 6) is 0.135. The minimum absolute atomic E-state index is 0.0490. The van der Waals surface area contributed by atoms with Crippen LogP contribution in [-0.4, -0.2) is 48.1 Å². The number of aliphatic hydroxyl groups is 1. The molecular formula is C32H33NO6. The number of likely N-dealkylation sites (tertiary alicyclic amines) is 1. The summed E-state index contributed by atoms with van der Waals surface area (Å²) in [6, 6.07) is 21.5. The fourth-order valence-corrected chi connectivity index (χ4v) is 5.01. The summed E-state index contributed by atoms with van der Waals surface area (Å²) in [7, 11) is 0. The number of hydrogen-bond acceptors (Lipinski definition) is 6. The van der Waals surface area contributed by atoms with Crippen LogP contribution in [0.5, 0.6) is 17.2 Å². The average Bonchev–Trinajstić information content (AvgIpc) is 3.23. The average molecular weight is 528 g/mol. The van der Waals surface area contributed by atoms with E-state index in [1.54, 1.807) is 23.1 Å². The monoisotopic (exact) mass is 527 g/mol. The Kier molecular flexibility index (Phi) is 8.16. The van der Waals surface area contributed by atoms with Crippen LogP contribution in [0.2, 0.25) is 0 Å². The number of hydrogen-bond donors (Lipinski definition) is 1.